The topological polar surface area (TPSA) is 12.0 Å². The van der Waals surface area contributed by atoms with Crippen LogP contribution in [0.3, 0.4) is 0 Å². The van der Waals surface area contributed by atoms with Crippen LogP contribution in [0.4, 0.5) is 0 Å². The van der Waals surface area contributed by atoms with Crippen molar-refractivity contribution in [2.45, 2.75) is 65.3 Å². The fraction of sp³-hybridized carbons (Fsp3) is 1.00. The molecule has 0 aliphatic heterocycles. The van der Waals surface area contributed by atoms with Crippen molar-refractivity contribution >= 4 is 0 Å². The normalized spacial score (nSPS) is 30.4. The van der Waals surface area contributed by atoms with Crippen LogP contribution < -0.4 is 5.32 Å². The Hall–Kier alpha value is -0.0400. The molecule has 1 rings (SSSR count). The van der Waals surface area contributed by atoms with E-state index in [1.807, 2.05) is 0 Å². The summed E-state index contributed by atoms with van der Waals surface area (Å²) in [4.78, 5) is 0. The number of nitrogens with one attached hydrogen (secondary N) is 1. The molecule has 1 heteroatoms. The van der Waals surface area contributed by atoms with E-state index < -0.39 is 0 Å². The van der Waals surface area contributed by atoms with Crippen LogP contribution in [0.5, 0.6) is 0 Å². The molecule has 4 atom stereocenters. The minimum atomic E-state index is 0.765. The van der Waals surface area contributed by atoms with Gasteiger partial charge in [-0.3, -0.25) is 0 Å². The lowest BCUT2D eigenvalue weighted by Gasteiger charge is -2.29. The molecule has 1 aliphatic rings. The highest BCUT2D eigenvalue weighted by molar-refractivity contribution is 4.86. The number of hydrogen-bond acceptors (Lipinski definition) is 1. The van der Waals surface area contributed by atoms with Crippen LogP contribution in [0.25, 0.3) is 0 Å². The van der Waals surface area contributed by atoms with Crippen molar-refractivity contribution in [1.29, 1.82) is 0 Å². The number of hydrogen-bond donors (Lipinski definition) is 1. The highest BCUT2D eigenvalue weighted by atomic mass is 14.9. The van der Waals surface area contributed by atoms with Crippen LogP contribution >= 0.6 is 0 Å². The molecule has 1 nitrogen and oxygen atoms in total. The molecule has 0 heterocycles. The van der Waals surface area contributed by atoms with Crippen LogP contribution in [0, 0.1) is 17.8 Å². The zero-order valence-electron chi connectivity index (χ0n) is 11.1. The van der Waals surface area contributed by atoms with Gasteiger partial charge < -0.3 is 5.32 Å². The highest BCUT2D eigenvalue weighted by Crippen LogP contribution is 2.37. The molecule has 0 radical (unpaired) electrons. The Morgan fingerprint density at radius 1 is 1.27 bits per heavy atom. The maximum Gasteiger partial charge on any atom is 0.0118 e. The lowest BCUT2D eigenvalue weighted by atomic mass is 9.85. The van der Waals surface area contributed by atoms with E-state index in [9.17, 15) is 0 Å². The summed E-state index contributed by atoms with van der Waals surface area (Å²) in [6, 6.07) is 0.765. The summed E-state index contributed by atoms with van der Waals surface area (Å²) >= 11 is 0. The zero-order chi connectivity index (χ0) is 11.3. The summed E-state index contributed by atoms with van der Waals surface area (Å²) in [7, 11) is 2.15. The Labute approximate surface area is 96.0 Å². The molecule has 0 bridgehead atoms. The van der Waals surface area contributed by atoms with Gasteiger partial charge in [0.25, 0.3) is 0 Å². The van der Waals surface area contributed by atoms with Crippen molar-refractivity contribution in [2.24, 2.45) is 17.8 Å². The lowest BCUT2D eigenvalue weighted by Crippen LogP contribution is -2.38. The molecule has 0 aromatic carbocycles. The lowest BCUT2D eigenvalue weighted by molar-refractivity contribution is 0.267. The first-order valence-corrected chi connectivity index (χ1v) is 6.90. The SMILES string of the molecule is CCCC(C)C(NC)C1CCC(CC)C1. The second-order valence-electron chi connectivity index (χ2n) is 5.43. The van der Waals surface area contributed by atoms with Crippen molar-refractivity contribution in [2.75, 3.05) is 7.05 Å². The molecule has 1 fully saturated rings. The monoisotopic (exact) mass is 211 g/mol. The van der Waals surface area contributed by atoms with Gasteiger partial charge in [-0.25, -0.2) is 0 Å². The van der Waals surface area contributed by atoms with Gasteiger partial charge in [0.1, 0.15) is 0 Å². The Bertz CT molecular complexity index is 167. The molecule has 15 heavy (non-hydrogen) atoms. The van der Waals surface area contributed by atoms with Gasteiger partial charge in [0.2, 0.25) is 0 Å². The molecule has 90 valence electrons. The van der Waals surface area contributed by atoms with E-state index >= 15 is 0 Å². The van der Waals surface area contributed by atoms with Gasteiger partial charge in [0.15, 0.2) is 0 Å². The second-order valence-corrected chi connectivity index (χ2v) is 5.43. The van der Waals surface area contributed by atoms with Crippen molar-refractivity contribution in [3.8, 4) is 0 Å². The summed E-state index contributed by atoms with van der Waals surface area (Å²) in [6.45, 7) is 7.06. The standard InChI is InChI=1S/C14H29N/c1-5-7-11(3)14(15-4)13-9-8-12(6-2)10-13/h11-15H,5-10H2,1-4H3. The predicted molar refractivity (Wildman–Crippen MR) is 68.0 cm³/mol. The van der Waals surface area contributed by atoms with Crippen molar-refractivity contribution in [3.05, 3.63) is 0 Å². The second kappa shape index (κ2) is 6.52. The molecule has 0 amide bonds. The van der Waals surface area contributed by atoms with Crippen LogP contribution in [0.1, 0.15) is 59.3 Å². The smallest absolute Gasteiger partial charge is 0.0118 e. The van der Waals surface area contributed by atoms with Gasteiger partial charge >= 0.3 is 0 Å². The quantitative estimate of drug-likeness (QED) is 0.704. The third kappa shape index (κ3) is 3.48. The molecular formula is C14H29N. The first-order chi connectivity index (χ1) is 7.22. The largest absolute Gasteiger partial charge is 0.316 e. The van der Waals surface area contributed by atoms with Gasteiger partial charge in [0.05, 0.1) is 0 Å². The fourth-order valence-electron chi connectivity index (χ4n) is 3.43. The third-order valence-electron chi connectivity index (χ3n) is 4.36. The average molecular weight is 211 g/mol. The first kappa shape index (κ1) is 13.0. The Morgan fingerprint density at radius 2 is 2.00 bits per heavy atom. The molecule has 1 N–H and O–H groups in total. The molecule has 0 saturated heterocycles. The van der Waals surface area contributed by atoms with E-state index in [1.54, 1.807) is 0 Å². The van der Waals surface area contributed by atoms with Gasteiger partial charge in [0, 0.05) is 6.04 Å². The van der Waals surface area contributed by atoms with Gasteiger partial charge in [-0.05, 0) is 44.1 Å². The molecule has 0 spiro atoms. The Balaban J connectivity index is 2.44. The summed E-state index contributed by atoms with van der Waals surface area (Å²) in [5, 5.41) is 3.57. The van der Waals surface area contributed by atoms with E-state index in [-0.39, 0.29) is 0 Å². The van der Waals surface area contributed by atoms with Crippen molar-refractivity contribution < 1.29 is 0 Å². The van der Waals surface area contributed by atoms with Gasteiger partial charge in [-0.1, -0.05) is 40.0 Å². The van der Waals surface area contributed by atoms with E-state index in [0.29, 0.717) is 0 Å². The molecular weight excluding hydrogens is 182 g/mol. The van der Waals surface area contributed by atoms with E-state index in [2.05, 4.69) is 33.1 Å². The molecule has 0 aromatic rings. The average Bonchev–Trinajstić information content (AvgIpc) is 2.68. The van der Waals surface area contributed by atoms with E-state index in [1.165, 1.54) is 38.5 Å². The van der Waals surface area contributed by atoms with Crippen LogP contribution in [0.2, 0.25) is 0 Å². The molecule has 0 aromatic heterocycles. The minimum Gasteiger partial charge on any atom is -0.316 e. The molecule has 4 unspecified atom stereocenters. The summed E-state index contributed by atoms with van der Waals surface area (Å²) < 4.78 is 0. The summed E-state index contributed by atoms with van der Waals surface area (Å²) in [6.07, 6.45) is 8.48. The van der Waals surface area contributed by atoms with Gasteiger partial charge in [-0.2, -0.15) is 0 Å². The summed E-state index contributed by atoms with van der Waals surface area (Å²) in [5.41, 5.74) is 0. The van der Waals surface area contributed by atoms with Gasteiger partial charge in [-0.15, -0.1) is 0 Å². The predicted octanol–water partition coefficient (Wildman–Crippen LogP) is 3.84. The zero-order valence-corrected chi connectivity index (χ0v) is 11.1. The Kier molecular flexibility index (Phi) is 5.66. The van der Waals surface area contributed by atoms with Crippen molar-refractivity contribution in [1.82, 2.24) is 5.32 Å². The van der Waals surface area contributed by atoms with E-state index in [4.69, 9.17) is 0 Å². The summed E-state index contributed by atoms with van der Waals surface area (Å²) in [5.74, 6) is 2.81. The van der Waals surface area contributed by atoms with Crippen LogP contribution in [-0.2, 0) is 0 Å². The fourth-order valence-corrected chi connectivity index (χ4v) is 3.43. The minimum absolute atomic E-state index is 0.765. The molecule has 1 saturated carbocycles. The highest BCUT2D eigenvalue weighted by Gasteiger charge is 2.31. The van der Waals surface area contributed by atoms with Crippen LogP contribution in [-0.4, -0.2) is 13.1 Å². The molecule has 1 aliphatic carbocycles. The number of rotatable bonds is 6. The maximum atomic E-state index is 3.57. The van der Waals surface area contributed by atoms with E-state index in [0.717, 1.165) is 23.8 Å². The van der Waals surface area contributed by atoms with Crippen molar-refractivity contribution in [3.63, 3.8) is 0 Å². The Morgan fingerprint density at radius 3 is 2.47 bits per heavy atom. The third-order valence-corrected chi connectivity index (χ3v) is 4.36. The first-order valence-electron chi connectivity index (χ1n) is 6.90. The maximum absolute atomic E-state index is 3.57. The van der Waals surface area contributed by atoms with Crippen LogP contribution in [0.15, 0.2) is 0 Å².